The van der Waals surface area contributed by atoms with Crippen LogP contribution in [0.5, 0.6) is 0 Å². The zero-order valence-electron chi connectivity index (χ0n) is 9.18. The number of ether oxygens (including phenoxy) is 1. The first-order valence-electron chi connectivity index (χ1n) is 5.29. The molecule has 1 fully saturated rings. The summed E-state index contributed by atoms with van der Waals surface area (Å²) < 4.78 is 10.5. The van der Waals surface area contributed by atoms with E-state index in [0.717, 1.165) is 13.2 Å². The number of hydrogen-bond acceptors (Lipinski definition) is 4. The SMILES string of the molecule is CC1COCCN1Cc1cc(C(=O)O)co1. The number of aromatic carboxylic acids is 1. The number of carboxylic acids is 1. The predicted octanol–water partition coefficient (Wildman–Crippen LogP) is 1.20. The van der Waals surface area contributed by atoms with E-state index in [-0.39, 0.29) is 5.56 Å². The molecule has 1 aromatic rings. The van der Waals surface area contributed by atoms with E-state index in [1.807, 2.05) is 0 Å². The van der Waals surface area contributed by atoms with Gasteiger partial charge in [-0.2, -0.15) is 0 Å². The Labute approximate surface area is 93.6 Å². The van der Waals surface area contributed by atoms with Crippen molar-refractivity contribution in [3.63, 3.8) is 0 Å². The average Bonchev–Trinajstić information content (AvgIpc) is 2.70. The summed E-state index contributed by atoms with van der Waals surface area (Å²) in [6.45, 7) is 5.01. The Balaban J connectivity index is 1.99. The molecular formula is C11H15NO4. The lowest BCUT2D eigenvalue weighted by atomic mass is 10.2. The Morgan fingerprint density at radius 3 is 3.12 bits per heavy atom. The first-order valence-corrected chi connectivity index (χ1v) is 5.29. The normalized spacial score (nSPS) is 22.2. The van der Waals surface area contributed by atoms with Crippen molar-refractivity contribution in [1.82, 2.24) is 4.90 Å². The van der Waals surface area contributed by atoms with Crippen molar-refractivity contribution in [3.05, 3.63) is 23.7 Å². The van der Waals surface area contributed by atoms with Gasteiger partial charge in [0.15, 0.2) is 0 Å². The maximum Gasteiger partial charge on any atom is 0.338 e. The minimum Gasteiger partial charge on any atom is -0.478 e. The van der Waals surface area contributed by atoms with Gasteiger partial charge < -0.3 is 14.3 Å². The van der Waals surface area contributed by atoms with Crippen LogP contribution in [0.1, 0.15) is 23.0 Å². The second kappa shape index (κ2) is 4.67. The van der Waals surface area contributed by atoms with E-state index in [4.69, 9.17) is 14.3 Å². The van der Waals surface area contributed by atoms with E-state index in [2.05, 4.69) is 11.8 Å². The van der Waals surface area contributed by atoms with Crippen LogP contribution in [0.25, 0.3) is 0 Å². The van der Waals surface area contributed by atoms with Gasteiger partial charge in [0.1, 0.15) is 12.0 Å². The highest BCUT2D eigenvalue weighted by Gasteiger charge is 2.20. The van der Waals surface area contributed by atoms with E-state index in [1.165, 1.54) is 6.26 Å². The summed E-state index contributed by atoms with van der Waals surface area (Å²) in [5.74, 6) is -0.267. The summed E-state index contributed by atoms with van der Waals surface area (Å²) in [6, 6.07) is 1.91. The van der Waals surface area contributed by atoms with Crippen molar-refractivity contribution in [2.75, 3.05) is 19.8 Å². The topological polar surface area (TPSA) is 62.9 Å². The maximum atomic E-state index is 10.7. The first-order chi connectivity index (χ1) is 7.66. The van der Waals surface area contributed by atoms with Gasteiger partial charge in [-0.3, -0.25) is 4.90 Å². The molecule has 2 heterocycles. The van der Waals surface area contributed by atoms with Crippen LogP contribution in [-0.4, -0.2) is 41.8 Å². The lowest BCUT2D eigenvalue weighted by molar-refractivity contribution is -0.00709. The number of furan rings is 1. The van der Waals surface area contributed by atoms with Gasteiger partial charge in [-0.25, -0.2) is 4.79 Å². The molecule has 0 aliphatic carbocycles. The Morgan fingerprint density at radius 1 is 1.69 bits per heavy atom. The highest BCUT2D eigenvalue weighted by molar-refractivity contribution is 5.87. The van der Waals surface area contributed by atoms with Gasteiger partial charge in [0.25, 0.3) is 0 Å². The zero-order chi connectivity index (χ0) is 11.5. The highest BCUT2D eigenvalue weighted by Crippen LogP contribution is 2.14. The van der Waals surface area contributed by atoms with E-state index >= 15 is 0 Å². The van der Waals surface area contributed by atoms with Crippen LogP contribution < -0.4 is 0 Å². The number of rotatable bonds is 3. The number of morpholine rings is 1. The molecule has 1 saturated heterocycles. The third-order valence-corrected chi connectivity index (χ3v) is 2.76. The fourth-order valence-electron chi connectivity index (χ4n) is 1.77. The summed E-state index contributed by atoms with van der Waals surface area (Å²) in [5.41, 5.74) is 0.205. The molecular weight excluding hydrogens is 210 g/mol. The quantitative estimate of drug-likeness (QED) is 0.837. The fraction of sp³-hybridized carbons (Fsp3) is 0.545. The number of carbonyl (C=O) groups is 1. The smallest absolute Gasteiger partial charge is 0.338 e. The molecule has 1 unspecified atom stereocenters. The van der Waals surface area contributed by atoms with Crippen LogP contribution in [0.4, 0.5) is 0 Å². The fourth-order valence-corrected chi connectivity index (χ4v) is 1.77. The van der Waals surface area contributed by atoms with Gasteiger partial charge in [-0.05, 0) is 13.0 Å². The molecule has 0 spiro atoms. The van der Waals surface area contributed by atoms with Crippen molar-refractivity contribution in [3.8, 4) is 0 Å². The molecule has 0 amide bonds. The van der Waals surface area contributed by atoms with Crippen molar-refractivity contribution in [2.45, 2.75) is 19.5 Å². The molecule has 5 heteroatoms. The minimum absolute atomic E-state index is 0.205. The monoisotopic (exact) mass is 225 g/mol. The van der Waals surface area contributed by atoms with E-state index in [1.54, 1.807) is 6.07 Å². The summed E-state index contributed by atoms with van der Waals surface area (Å²) in [7, 11) is 0. The Morgan fingerprint density at radius 2 is 2.50 bits per heavy atom. The summed E-state index contributed by atoms with van der Waals surface area (Å²) in [6.07, 6.45) is 1.28. The molecule has 2 rings (SSSR count). The van der Waals surface area contributed by atoms with Gasteiger partial charge in [0.05, 0.1) is 25.3 Å². The number of hydrogen-bond donors (Lipinski definition) is 1. The van der Waals surface area contributed by atoms with Gasteiger partial charge in [-0.15, -0.1) is 0 Å². The largest absolute Gasteiger partial charge is 0.478 e. The maximum absolute atomic E-state index is 10.7. The molecule has 1 atom stereocenters. The van der Waals surface area contributed by atoms with Gasteiger partial charge in [0, 0.05) is 12.6 Å². The molecule has 0 radical (unpaired) electrons. The molecule has 5 nitrogen and oxygen atoms in total. The first kappa shape index (κ1) is 11.2. The molecule has 1 N–H and O–H groups in total. The third kappa shape index (κ3) is 2.43. The van der Waals surface area contributed by atoms with Crippen molar-refractivity contribution < 1.29 is 19.1 Å². The Kier molecular flexibility index (Phi) is 3.26. The average molecular weight is 225 g/mol. The van der Waals surface area contributed by atoms with Crippen LogP contribution in [0.3, 0.4) is 0 Å². The highest BCUT2D eigenvalue weighted by atomic mass is 16.5. The van der Waals surface area contributed by atoms with Gasteiger partial charge in [0.2, 0.25) is 0 Å². The summed E-state index contributed by atoms with van der Waals surface area (Å²) in [4.78, 5) is 12.9. The van der Waals surface area contributed by atoms with Crippen LogP contribution in [0, 0.1) is 0 Å². The van der Waals surface area contributed by atoms with Crippen LogP contribution in [0.15, 0.2) is 16.7 Å². The molecule has 0 saturated carbocycles. The molecule has 16 heavy (non-hydrogen) atoms. The summed E-state index contributed by atoms with van der Waals surface area (Å²) >= 11 is 0. The second-order valence-electron chi connectivity index (χ2n) is 4.00. The Bertz CT molecular complexity index is 374. The summed E-state index contributed by atoms with van der Waals surface area (Å²) in [5, 5.41) is 8.76. The standard InChI is InChI=1S/C11H15NO4/c1-8-6-15-3-2-12(8)5-10-4-9(7-16-10)11(13)14/h4,7-8H,2-3,5-6H2,1H3,(H,13,14). The zero-order valence-corrected chi connectivity index (χ0v) is 9.18. The second-order valence-corrected chi connectivity index (χ2v) is 4.00. The Hall–Kier alpha value is -1.33. The van der Waals surface area contributed by atoms with E-state index in [0.29, 0.717) is 25.0 Å². The molecule has 1 aromatic heterocycles. The molecule has 1 aliphatic rings. The lowest BCUT2D eigenvalue weighted by Crippen LogP contribution is -2.42. The number of carboxylic acid groups (broad SMARTS) is 1. The van der Waals surface area contributed by atoms with Crippen LogP contribution >= 0.6 is 0 Å². The molecule has 1 aliphatic heterocycles. The predicted molar refractivity (Wildman–Crippen MR) is 56.4 cm³/mol. The van der Waals surface area contributed by atoms with Crippen molar-refractivity contribution in [2.24, 2.45) is 0 Å². The van der Waals surface area contributed by atoms with Crippen molar-refractivity contribution >= 4 is 5.97 Å². The van der Waals surface area contributed by atoms with Gasteiger partial charge >= 0.3 is 5.97 Å². The third-order valence-electron chi connectivity index (χ3n) is 2.76. The number of nitrogens with zero attached hydrogens (tertiary/aromatic N) is 1. The lowest BCUT2D eigenvalue weighted by Gasteiger charge is -2.32. The van der Waals surface area contributed by atoms with E-state index < -0.39 is 5.97 Å². The molecule has 0 bridgehead atoms. The van der Waals surface area contributed by atoms with Crippen LogP contribution in [-0.2, 0) is 11.3 Å². The molecule has 0 aromatic carbocycles. The minimum atomic E-state index is -0.954. The van der Waals surface area contributed by atoms with Crippen LogP contribution in [0.2, 0.25) is 0 Å². The van der Waals surface area contributed by atoms with Crippen molar-refractivity contribution in [1.29, 1.82) is 0 Å². The van der Waals surface area contributed by atoms with E-state index in [9.17, 15) is 4.79 Å². The molecule has 88 valence electrons. The van der Waals surface area contributed by atoms with Gasteiger partial charge in [-0.1, -0.05) is 0 Å².